The minimum atomic E-state index is -0.196. The van der Waals surface area contributed by atoms with Crippen LogP contribution in [0.15, 0.2) is 24.3 Å². The Balaban J connectivity index is 0.000000956. The maximum absolute atomic E-state index is 12.4. The Labute approximate surface area is 128 Å². The Morgan fingerprint density at radius 3 is 2.30 bits per heavy atom. The van der Waals surface area contributed by atoms with Gasteiger partial charge in [-0.3, -0.25) is 4.79 Å². The molecule has 0 bridgehead atoms. The zero-order valence-electron chi connectivity index (χ0n) is 11.9. The lowest BCUT2D eigenvalue weighted by Gasteiger charge is -2.06. The number of rotatable bonds is 3. The summed E-state index contributed by atoms with van der Waals surface area (Å²) >= 11 is 11.8. The number of ketones is 1. The number of carbonyl (C=O) groups is 1. The lowest BCUT2D eigenvalue weighted by Crippen LogP contribution is -2.05. The summed E-state index contributed by atoms with van der Waals surface area (Å²) in [5, 5.41) is 0.641. The highest BCUT2D eigenvalue weighted by molar-refractivity contribution is 6.42. The molecule has 0 spiro atoms. The lowest BCUT2D eigenvalue weighted by molar-refractivity contribution is 0.103. The van der Waals surface area contributed by atoms with E-state index in [0.717, 1.165) is 0 Å². The molecule has 0 saturated heterocycles. The molecule has 3 nitrogen and oxygen atoms in total. The molecule has 20 heavy (non-hydrogen) atoms. The van der Waals surface area contributed by atoms with E-state index in [2.05, 4.69) is 4.98 Å². The molecule has 0 aliphatic heterocycles. The van der Waals surface area contributed by atoms with Crippen molar-refractivity contribution in [2.45, 2.75) is 20.8 Å². The number of para-hydroxylation sites is 1. The standard InChI is InChI=1S/C13H11Cl2NO2.C2H6/c1-7-10(14)13(15)16-11(7)12(17)8-5-3-4-6-9(8)18-2;1-2/h3-6,16H,1-2H3;1-2H3. The second kappa shape index (κ2) is 7.36. The van der Waals surface area contributed by atoms with E-state index in [-0.39, 0.29) is 10.9 Å². The number of hydrogen-bond donors (Lipinski definition) is 1. The van der Waals surface area contributed by atoms with Crippen molar-refractivity contribution < 1.29 is 9.53 Å². The molecular formula is C15H17Cl2NO2. The third kappa shape index (κ3) is 3.17. The fourth-order valence-electron chi connectivity index (χ4n) is 1.73. The minimum Gasteiger partial charge on any atom is -0.496 e. The molecule has 0 amide bonds. The molecule has 2 aromatic rings. The fraction of sp³-hybridized carbons (Fsp3) is 0.267. The Morgan fingerprint density at radius 2 is 1.80 bits per heavy atom. The van der Waals surface area contributed by atoms with E-state index in [9.17, 15) is 4.79 Å². The summed E-state index contributed by atoms with van der Waals surface area (Å²) in [4.78, 5) is 15.2. The van der Waals surface area contributed by atoms with Crippen LogP contribution in [0.5, 0.6) is 5.75 Å². The van der Waals surface area contributed by atoms with E-state index < -0.39 is 0 Å². The van der Waals surface area contributed by atoms with Gasteiger partial charge in [-0.25, -0.2) is 0 Å². The first kappa shape index (κ1) is 16.6. The van der Waals surface area contributed by atoms with E-state index >= 15 is 0 Å². The van der Waals surface area contributed by atoms with Crippen LogP contribution in [0.25, 0.3) is 0 Å². The normalized spacial score (nSPS) is 9.70. The second-order valence-corrected chi connectivity index (χ2v) is 4.54. The molecule has 0 radical (unpaired) electrons. The second-order valence-electron chi connectivity index (χ2n) is 3.78. The molecule has 1 aromatic heterocycles. The Bertz CT molecular complexity index is 606. The van der Waals surface area contributed by atoms with Crippen LogP contribution in [0.2, 0.25) is 10.2 Å². The van der Waals surface area contributed by atoms with Crippen molar-refractivity contribution in [2.75, 3.05) is 7.11 Å². The number of aromatic amines is 1. The number of halogens is 2. The number of benzene rings is 1. The van der Waals surface area contributed by atoms with Crippen molar-refractivity contribution in [1.82, 2.24) is 4.98 Å². The number of aromatic nitrogens is 1. The molecule has 0 aliphatic carbocycles. The highest BCUT2D eigenvalue weighted by Gasteiger charge is 2.20. The number of methoxy groups -OCH3 is 1. The predicted molar refractivity (Wildman–Crippen MR) is 83.3 cm³/mol. The number of hydrogen-bond acceptors (Lipinski definition) is 2. The van der Waals surface area contributed by atoms with Gasteiger partial charge in [-0.2, -0.15) is 0 Å². The summed E-state index contributed by atoms with van der Waals surface area (Å²) in [6.07, 6.45) is 0. The van der Waals surface area contributed by atoms with Crippen molar-refractivity contribution >= 4 is 29.0 Å². The summed E-state index contributed by atoms with van der Waals surface area (Å²) in [5.41, 5.74) is 1.49. The third-order valence-corrected chi connectivity index (χ3v) is 3.56. The van der Waals surface area contributed by atoms with E-state index in [1.807, 2.05) is 13.8 Å². The topological polar surface area (TPSA) is 42.1 Å². The Hall–Kier alpha value is -1.45. The highest BCUT2D eigenvalue weighted by Crippen LogP contribution is 2.30. The van der Waals surface area contributed by atoms with E-state index in [1.54, 1.807) is 31.2 Å². The summed E-state index contributed by atoms with van der Waals surface area (Å²) < 4.78 is 5.16. The average Bonchev–Trinajstić information content (AvgIpc) is 2.76. The molecule has 108 valence electrons. The average molecular weight is 314 g/mol. The number of H-pyrrole nitrogens is 1. The fourth-order valence-corrected chi connectivity index (χ4v) is 2.10. The summed E-state index contributed by atoms with van der Waals surface area (Å²) in [7, 11) is 1.52. The molecule has 5 heteroatoms. The van der Waals surface area contributed by atoms with Gasteiger partial charge in [0.1, 0.15) is 10.9 Å². The van der Waals surface area contributed by atoms with Gasteiger partial charge in [0.05, 0.1) is 23.4 Å². The molecule has 0 saturated carbocycles. The summed E-state index contributed by atoms with van der Waals surface area (Å²) in [5.74, 6) is 0.322. The van der Waals surface area contributed by atoms with Gasteiger partial charge in [-0.15, -0.1) is 0 Å². The third-order valence-electron chi connectivity index (χ3n) is 2.71. The molecule has 0 unspecified atom stereocenters. The molecule has 0 fully saturated rings. The molecule has 0 atom stereocenters. The first-order valence-electron chi connectivity index (χ1n) is 6.27. The van der Waals surface area contributed by atoms with Gasteiger partial charge >= 0.3 is 0 Å². The van der Waals surface area contributed by atoms with Crippen LogP contribution in [0.1, 0.15) is 35.5 Å². The number of nitrogens with one attached hydrogen (secondary N) is 1. The van der Waals surface area contributed by atoms with Gasteiger partial charge in [0.15, 0.2) is 0 Å². The van der Waals surface area contributed by atoms with Crippen molar-refractivity contribution in [3.05, 3.63) is 51.3 Å². The Morgan fingerprint density at radius 1 is 1.20 bits per heavy atom. The molecule has 1 N–H and O–H groups in total. The molecule has 2 rings (SSSR count). The van der Waals surface area contributed by atoms with Gasteiger partial charge in [0.2, 0.25) is 5.78 Å². The van der Waals surface area contributed by atoms with Gasteiger partial charge in [0, 0.05) is 0 Å². The monoisotopic (exact) mass is 313 g/mol. The molecule has 1 heterocycles. The van der Waals surface area contributed by atoms with Crippen LogP contribution >= 0.6 is 23.2 Å². The highest BCUT2D eigenvalue weighted by atomic mass is 35.5. The van der Waals surface area contributed by atoms with Crippen LogP contribution in [0.4, 0.5) is 0 Å². The number of ether oxygens (including phenoxy) is 1. The van der Waals surface area contributed by atoms with Crippen LogP contribution in [-0.4, -0.2) is 17.9 Å². The Kier molecular flexibility index (Phi) is 6.11. The van der Waals surface area contributed by atoms with E-state index in [0.29, 0.717) is 27.6 Å². The van der Waals surface area contributed by atoms with Crippen LogP contribution in [-0.2, 0) is 0 Å². The van der Waals surface area contributed by atoms with Crippen molar-refractivity contribution in [1.29, 1.82) is 0 Å². The lowest BCUT2D eigenvalue weighted by atomic mass is 10.1. The zero-order chi connectivity index (χ0) is 15.3. The van der Waals surface area contributed by atoms with Crippen LogP contribution in [0, 0.1) is 6.92 Å². The maximum atomic E-state index is 12.4. The van der Waals surface area contributed by atoms with Gasteiger partial charge in [-0.05, 0) is 24.6 Å². The first-order chi connectivity index (χ1) is 9.56. The molecular weight excluding hydrogens is 297 g/mol. The first-order valence-corrected chi connectivity index (χ1v) is 7.03. The van der Waals surface area contributed by atoms with E-state index in [4.69, 9.17) is 27.9 Å². The summed E-state index contributed by atoms with van der Waals surface area (Å²) in [6, 6.07) is 7.01. The van der Waals surface area contributed by atoms with Gasteiger partial charge < -0.3 is 9.72 Å². The molecule has 1 aromatic carbocycles. The quantitative estimate of drug-likeness (QED) is 0.819. The van der Waals surface area contributed by atoms with Crippen molar-refractivity contribution in [3.8, 4) is 5.75 Å². The van der Waals surface area contributed by atoms with Crippen LogP contribution in [0.3, 0.4) is 0 Å². The zero-order valence-corrected chi connectivity index (χ0v) is 13.4. The van der Waals surface area contributed by atoms with Gasteiger partial charge in [-0.1, -0.05) is 49.2 Å². The summed E-state index contributed by atoms with van der Waals surface area (Å²) in [6.45, 7) is 5.74. The maximum Gasteiger partial charge on any atom is 0.213 e. The predicted octanol–water partition coefficient (Wildman–Crippen LogP) is 4.90. The van der Waals surface area contributed by atoms with E-state index in [1.165, 1.54) is 7.11 Å². The molecule has 0 aliphatic rings. The van der Waals surface area contributed by atoms with Crippen LogP contribution < -0.4 is 4.74 Å². The largest absolute Gasteiger partial charge is 0.496 e. The van der Waals surface area contributed by atoms with Gasteiger partial charge in [0.25, 0.3) is 0 Å². The number of carbonyl (C=O) groups excluding carboxylic acids is 1. The van der Waals surface area contributed by atoms with Crippen molar-refractivity contribution in [2.24, 2.45) is 0 Å². The minimum absolute atomic E-state index is 0.196. The SMILES string of the molecule is CC.COc1ccccc1C(=O)c1[nH]c(Cl)c(Cl)c1C. The van der Waals surface area contributed by atoms with Crippen molar-refractivity contribution in [3.63, 3.8) is 0 Å². The smallest absolute Gasteiger partial charge is 0.213 e.